The van der Waals surface area contributed by atoms with E-state index in [1.807, 2.05) is 35.8 Å². The van der Waals surface area contributed by atoms with E-state index in [4.69, 9.17) is 11.6 Å². The molecule has 146 valence electrons. The number of amides is 1. The van der Waals surface area contributed by atoms with E-state index < -0.39 is 9.84 Å². The molecule has 0 saturated carbocycles. The fourth-order valence-electron chi connectivity index (χ4n) is 2.47. The molecule has 0 aliphatic rings. The molecule has 10 heteroatoms. The second-order valence-corrected chi connectivity index (χ2v) is 9.39. The molecule has 0 atom stereocenters. The van der Waals surface area contributed by atoms with Crippen molar-refractivity contribution in [3.8, 4) is 5.69 Å². The number of anilines is 1. The van der Waals surface area contributed by atoms with E-state index in [9.17, 15) is 13.2 Å². The van der Waals surface area contributed by atoms with Gasteiger partial charge < -0.3 is 5.32 Å². The van der Waals surface area contributed by atoms with Gasteiger partial charge in [-0.1, -0.05) is 41.6 Å². The first-order valence-corrected chi connectivity index (χ1v) is 11.4. The van der Waals surface area contributed by atoms with Gasteiger partial charge in [0, 0.05) is 6.26 Å². The molecular formula is C18H17ClN4O3S2. The number of para-hydroxylation sites is 1. The molecule has 1 aromatic heterocycles. The molecule has 0 bridgehead atoms. The van der Waals surface area contributed by atoms with Crippen molar-refractivity contribution in [2.45, 2.75) is 17.0 Å². The predicted molar refractivity (Wildman–Crippen MR) is 110 cm³/mol. The first-order chi connectivity index (χ1) is 13.3. The maximum Gasteiger partial charge on any atom is 0.234 e. The van der Waals surface area contributed by atoms with Gasteiger partial charge in [-0.2, -0.15) is 0 Å². The molecule has 0 aliphatic heterocycles. The van der Waals surface area contributed by atoms with Gasteiger partial charge in [0.15, 0.2) is 15.0 Å². The Labute approximate surface area is 172 Å². The molecule has 1 heterocycles. The van der Waals surface area contributed by atoms with Crippen LogP contribution >= 0.6 is 23.4 Å². The number of sulfone groups is 1. The zero-order valence-electron chi connectivity index (χ0n) is 15.1. The maximum absolute atomic E-state index is 12.3. The SMILES string of the molecule is Cc1ccccc1-n1cnnc1SCC(=O)Nc1cc(S(C)(=O)=O)ccc1Cl. The van der Waals surface area contributed by atoms with Crippen molar-refractivity contribution in [2.75, 3.05) is 17.3 Å². The molecule has 3 aromatic rings. The molecule has 0 saturated heterocycles. The maximum atomic E-state index is 12.3. The molecule has 2 aromatic carbocycles. The summed E-state index contributed by atoms with van der Waals surface area (Å²) in [6.45, 7) is 1.98. The number of nitrogens with zero attached hydrogens (tertiary/aromatic N) is 3. The number of aryl methyl sites for hydroxylation is 1. The van der Waals surface area contributed by atoms with Crippen molar-refractivity contribution in [3.63, 3.8) is 0 Å². The number of carbonyl (C=O) groups is 1. The fraction of sp³-hybridized carbons (Fsp3) is 0.167. The first kappa shape index (κ1) is 20.4. The average Bonchev–Trinajstić information content (AvgIpc) is 3.09. The number of rotatable bonds is 6. The molecule has 0 fully saturated rings. The van der Waals surface area contributed by atoms with Gasteiger partial charge >= 0.3 is 0 Å². The normalized spacial score (nSPS) is 11.4. The summed E-state index contributed by atoms with van der Waals surface area (Å²) in [6, 6.07) is 12.0. The summed E-state index contributed by atoms with van der Waals surface area (Å²) in [5, 5.41) is 11.5. The first-order valence-electron chi connectivity index (χ1n) is 8.14. The highest BCUT2D eigenvalue weighted by molar-refractivity contribution is 7.99. The van der Waals surface area contributed by atoms with Crippen molar-refractivity contribution in [1.82, 2.24) is 14.8 Å². The molecule has 1 amide bonds. The Hall–Kier alpha value is -2.36. The molecular weight excluding hydrogens is 420 g/mol. The molecule has 28 heavy (non-hydrogen) atoms. The Morgan fingerprint density at radius 3 is 2.71 bits per heavy atom. The Morgan fingerprint density at radius 2 is 2.00 bits per heavy atom. The summed E-state index contributed by atoms with van der Waals surface area (Å²) in [5.41, 5.74) is 2.23. The zero-order chi connectivity index (χ0) is 20.3. The van der Waals surface area contributed by atoms with Crippen LogP contribution in [0, 0.1) is 6.92 Å². The zero-order valence-corrected chi connectivity index (χ0v) is 17.5. The van der Waals surface area contributed by atoms with Gasteiger partial charge in [0.1, 0.15) is 6.33 Å². The molecule has 1 N–H and O–H groups in total. The van der Waals surface area contributed by atoms with E-state index in [1.165, 1.54) is 30.0 Å². The third kappa shape index (κ3) is 4.73. The van der Waals surface area contributed by atoms with Crippen LogP contribution in [0.1, 0.15) is 5.56 Å². The summed E-state index contributed by atoms with van der Waals surface area (Å²) in [5.74, 6) is -0.277. The highest BCUT2D eigenvalue weighted by Crippen LogP contribution is 2.26. The van der Waals surface area contributed by atoms with Crippen LogP contribution in [0.2, 0.25) is 5.02 Å². The van der Waals surface area contributed by atoms with E-state index in [-0.39, 0.29) is 27.3 Å². The molecule has 3 rings (SSSR count). The number of halogens is 1. The van der Waals surface area contributed by atoms with E-state index >= 15 is 0 Å². The van der Waals surface area contributed by atoms with Gasteiger partial charge in [0.25, 0.3) is 0 Å². The average molecular weight is 437 g/mol. The Balaban J connectivity index is 1.72. The number of carbonyl (C=O) groups excluding carboxylic acids is 1. The second-order valence-electron chi connectivity index (χ2n) is 6.02. The lowest BCUT2D eigenvalue weighted by Gasteiger charge is -2.10. The van der Waals surface area contributed by atoms with Gasteiger partial charge in [-0.25, -0.2) is 8.42 Å². The van der Waals surface area contributed by atoms with Crippen LogP contribution in [-0.4, -0.2) is 41.1 Å². The van der Waals surface area contributed by atoms with Gasteiger partial charge in [-0.3, -0.25) is 9.36 Å². The minimum absolute atomic E-state index is 0.0595. The summed E-state index contributed by atoms with van der Waals surface area (Å²) in [4.78, 5) is 12.4. The third-order valence-corrected chi connectivity index (χ3v) is 6.25. The Bertz CT molecular complexity index is 1130. The van der Waals surface area contributed by atoms with Crippen LogP contribution in [-0.2, 0) is 14.6 Å². The van der Waals surface area contributed by atoms with Crippen molar-refractivity contribution in [3.05, 3.63) is 59.4 Å². The van der Waals surface area contributed by atoms with Crippen LogP contribution in [0.25, 0.3) is 5.69 Å². The minimum Gasteiger partial charge on any atom is -0.324 e. The lowest BCUT2D eigenvalue weighted by atomic mass is 10.2. The van der Waals surface area contributed by atoms with Crippen LogP contribution in [0.15, 0.2) is 58.8 Å². The smallest absolute Gasteiger partial charge is 0.234 e. The number of benzene rings is 2. The number of thioether (sulfide) groups is 1. The fourth-order valence-corrected chi connectivity index (χ4v) is 4.00. The van der Waals surface area contributed by atoms with Crippen LogP contribution < -0.4 is 5.32 Å². The third-order valence-electron chi connectivity index (χ3n) is 3.86. The number of nitrogens with one attached hydrogen (secondary N) is 1. The van der Waals surface area contributed by atoms with E-state index in [0.717, 1.165) is 17.5 Å². The van der Waals surface area contributed by atoms with Crippen LogP contribution in [0.4, 0.5) is 5.69 Å². The quantitative estimate of drug-likeness (QED) is 0.595. The number of hydrogen-bond acceptors (Lipinski definition) is 6. The van der Waals surface area contributed by atoms with E-state index in [1.54, 1.807) is 6.33 Å². The second kappa shape index (κ2) is 8.34. The number of hydrogen-bond donors (Lipinski definition) is 1. The number of aromatic nitrogens is 3. The van der Waals surface area contributed by atoms with E-state index in [2.05, 4.69) is 15.5 Å². The van der Waals surface area contributed by atoms with Crippen LogP contribution in [0.3, 0.4) is 0 Å². The Morgan fingerprint density at radius 1 is 1.25 bits per heavy atom. The topological polar surface area (TPSA) is 93.9 Å². The lowest BCUT2D eigenvalue weighted by molar-refractivity contribution is -0.113. The molecule has 0 spiro atoms. The largest absolute Gasteiger partial charge is 0.324 e. The van der Waals surface area contributed by atoms with Gasteiger partial charge in [0.05, 0.1) is 27.0 Å². The monoisotopic (exact) mass is 436 g/mol. The summed E-state index contributed by atoms with van der Waals surface area (Å²) >= 11 is 7.29. The van der Waals surface area contributed by atoms with Crippen molar-refractivity contribution in [2.24, 2.45) is 0 Å². The lowest BCUT2D eigenvalue weighted by Crippen LogP contribution is -2.15. The minimum atomic E-state index is -3.40. The van der Waals surface area contributed by atoms with Crippen molar-refractivity contribution >= 4 is 44.8 Å². The summed E-state index contributed by atoms with van der Waals surface area (Å²) < 4.78 is 25.2. The molecule has 7 nitrogen and oxygen atoms in total. The van der Waals surface area contributed by atoms with Crippen molar-refractivity contribution < 1.29 is 13.2 Å². The van der Waals surface area contributed by atoms with Gasteiger partial charge in [-0.05, 0) is 36.8 Å². The van der Waals surface area contributed by atoms with Crippen molar-refractivity contribution in [1.29, 1.82) is 0 Å². The Kier molecular flexibility index (Phi) is 6.07. The summed E-state index contributed by atoms with van der Waals surface area (Å²) in [7, 11) is -3.40. The van der Waals surface area contributed by atoms with E-state index in [0.29, 0.717) is 5.16 Å². The highest BCUT2D eigenvalue weighted by Gasteiger charge is 2.14. The standard InChI is InChI=1S/C18H17ClN4O3S2/c1-12-5-3-4-6-16(12)23-11-20-22-18(23)27-10-17(24)21-15-9-13(28(2,25)26)7-8-14(15)19/h3-9,11H,10H2,1-2H3,(H,21,24). The summed E-state index contributed by atoms with van der Waals surface area (Å²) in [6.07, 6.45) is 2.69. The predicted octanol–water partition coefficient (Wildman–Crippen LogP) is 3.36. The van der Waals surface area contributed by atoms with Gasteiger partial charge in [0.2, 0.25) is 5.91 Å². The molecule has 0 unspecified atom stereocenters. The molecule has 0 radical (unpaired) electrons. The molecule has 0 aliphatic carbocycles. The van der Waals surface area contributed by atoms with Gasteiger partial charge in [-0.15, -0.1) is 10.2 Å². The van der Waals surface area contributed by atoms with Crippen LogP contribution in [0.5, 0.6) is 0 Å². The highest BCUT2D eigenvalue weighted by atomic mass is 35.5.